The van der Waals surface area contributed by atoms with E-state index in [4.69, 9.17) is 5.73 Å². The van der Waals surface area contributed by atoms with Crippen LogP contribution < -0.4 is 16.4 Å². The Hall–Kier alpha value is -3.15. The van der Waals surface area contributed by atoms with Gasteiger partial charge in [0, 0.05) is 29.8 Å². The van der Waals surface area contributed by atoms with Crippen LogP contribution in [-0.2, 0) is 4.79 Å². The zero-order chi connectivity index (χ0) is 18.4. The number of anilines is 2. The monoisotopic (exact) mass is 339 g/mol. The van der Waals surface area contributed by atoms with Gasteiger partial charge in [0.15, 0.2) is 5.78 Å². The van der Waals surface area contributed by atoms with Crippen molar-refractivity contribution in [3.63, 3.8) is 0 Å². The molecule has 3 amide bonds. The van der Waals surface area contributed by atoms with Gasteiger partial charge in [-0.1, -0.05) is 23.8 Å². The highest BCUT2D eigenvalue weighted by molar-refractivity contribution is 6.01. The first-order valence-electron chi connectivity index (χ1n) is 7.92. The number of hydrogen-bond acceptors (Lipinski definition) is 3. The molecule has 6 nitrogen and oxygen atoms in total. The van der Waals surface area contributed by atoms with Gasteiger partial charge in [0.25, 0.3) is 0 Å². The van der Waals surface area contributed by atoms with E-state index in [9.17, 15) is 14.4 Å². The number of rotatable bonds is 6. The van der Waals surface area contributed by atoms with Gasteiger partial charge in [0.05, 0.1) is 0 Å². The van der Waals surface area contributed by atoms with Crippen molar-refractivity contribution in [3.05, 3.63) is 59.2 Å². The summed E-state index contributed by atoms with van der Waals surface area (Å²) in [5.74, 6) is -0.324. The van der Waals surface area contributed by atoms with Crippen LogP contribution in [0.5, 0.6) is 0 Å². The lowest BCUT2D eigenvalue weighted by molar-refractivity contribution is -0.116. The number of hydrogen-bond donors (Lipinski definition) is 3. The van der Waals surface area contributed by atoms with Crippen LogP contribution in [0.1, 0.15) is 34.3 Å². The molecule has 0 aromatic heterocycles. The molecule has 0 aliphatic rings. The Morgan fingerprint density at radius 3 is 2.28 bits per heavy atom. The van der Waals surface area contributed by atoms with Gasteiger partial charge in [-0.05, 0) is 43.7 Å². The molecule has 0 saturated carbocycles. The molecule has 0 spiro atoms. The van der Waals surface area contributed by atoms with Crippen molar-refractivity contribution in [1.82, 2.24) is 0 Å². The molecule has 0 unspecified atom stereocenters. The highest BCUT2D eigenvalue weighted by atomic mass is 16.2. The van der Waals surface area contributed by atoms with E-state index in [0.29, 0.717) is 16.9 Å². The van der Waals surface area contributed by atoms with Gasteiger partial charge in [-0.2, -0.15) is 0 Å². The normalized spacial score (nSPS) is 10.2. The number of carbonyl (C=O) groups is 3. The number of amides is 3. The van der Waals surface area contributed by atoms with Crippen LogP contribution in [0.15, 0.2) is 42.5 Å². The zero-order valence-electron chi connectivity index (χ0n) is 14.3. The van der Waals surface area contributed by atoms with Crippen LogP contribution in [-0.4, -0.2) is 17.7 Å². The summed E-state index contributed by atoms with van der Waals surface area (Å²) in [6.07, 6.45) is 0.217. The van der Waals surface area contributed by atoms with E-state index < -0.39 is 6.03 Å². The average Bonchev–Trinajstić information content (AvgIpc) is 2.54. The van der Waals surface area contributed by atoms with Crippen LogP contribution in [0.3, 0.4) is 0 Å². The number of Topliss-reactive ketones (excluding diaryl/α,β-unsaturated/α-hetero) is 1. The lowest BCUT2D eigenvalue weighted by Gasteiger charge is -2.08. The van der Waals surface area contributed by atoms with Crippen molar-refractivity contribution in [1.29, 1.82) is 0 Å². The van der Waals surface area contributed by atoms with E-state index in [1.807, 2.05) is 32.0 Å². The summed E-state index contributed by atoms with van der Waals surface area (Å²) in [4.78, 5) is 35.2. The molecule has 0 saturated heterocycles. The molecule has 0 aliphatic carbocycles. The highest BCUT2D eigenvalue weighted by Crippen LogP contribution is 2.17. The second-order valence-corrected chi connectivity index (χ2v) is 5.86. The molecular formula is C19H21N3O3. The first kappa shape index (κ1) is 18.2. The van der Waals surface area contributed by atoms with Gasteiger partial charge >= 0.3 is 6.03 Å². The van der Waals surface area contributed by atoms with E-state index in [2.05, 4.69) is 10.6 Å². The summed E-state index contributed by atoms with van der Waals surface area (Å²) >= 11 is 0. The maximum absolute atomic E-state index is 12.3. The summed E-state index contributed by atoms with van der Waals surface area (Å²) in [6, 6.07) is 11.6. The molecule has 2 aromatic rings. The molecule has 0 aliphatic heterocycles. The topological polar surface area (TPSA) is 101 Å². The largest absolute Gasteiger partial charge is 0.351 e. The van der Waals surface area contributed by atoms with Crippen molar-refractivity contribution in [2.24, 2.45) is 5.73 Å². The smallest absolute Gasteiger partial charge is 0.316 e. The second kappa shape index (κ2) is 8.10. The van der Waals surface area contributed by atoms with E-state index >= 15 is 0 Å². The van der Waals surface area contributed by atoms with Crippen LogP contribution >= 0.6 is 0 Å². The number of benzene rings is 2. The minimum Gasteiger partial charge on any atom is -0.351 e. The first-order valence-corrected chi connectivity index (χ1v) is 7.92. The van der Waals surface area contributed by atoms with Crippen molar-refractivity contribution in [2.45, 2.75) is 26.7 Å². The Balaban J connectivity index is 1.93. The van der Waals surface area contributed by atoms with Gasteiger partial charge in [-0.3, -0.25) is 9.59 Å². The molecule has 6 heteroatoms. The first-order chi connectivity index (χ1) is 11.8. The lowest BCUT2D eigenvalue weighted by Crippen LogP contribution is -2.19. The quantitative estimate of drug-likeness (QED) is 0.703. The van der Waals surface area contributed by atoms with E-state index in [1.165, 1.54) is 0 Å². The Morgan fingerprint density at radius 1 is 0.920 bits per heavy atom. The van der Waals surface area contributed by atoms with Crippen LogP contribution in [0.25, 0.3) is 0 Å². The fourth-order valence-electron chi connectivity index (χ4n) is 2.44. The second-order valence-electron chi connectivity index (χ2n) is 5.86. The Kier molecular flexibility index (Phi) is 5.89. The average molecular weight is 339 g/mol. The number of ketones is 1. The van der Waals surface area contributed by atoms with Gasteiger partial charge in [-0.25, -0.2) is 4.79 Å². The van der Waals surface area contributed by atoms with Crippen molar-refractivity contribution >= 4 is 29.1 Å². The molecule has 0 fully saturated rings. The molecule has 0 bridgehead atoms. The van der Waals surface area contributed by atoms with Gasteiger partial charge in [0.1, 0.15) is 0 Å². The highest BCUT2D eigenvalue weighted by Gasteiger charge is 2.12. The third kappa shape index (κ3) is 5.46. The maximum atomic E-state index is 12.3. The van der Waals surface area contributed by atoms with Crippen molar-refractivity contribution in [3.8, 4) is 0 Å². The standard InChI is InChI=1S/C19H21N3O3/c1-12-6-7-13(2)16(10-12)17(23)8-9-18(24)21-14-4-3-5-15(11-14)22-19(20)25/h3-7,10-11H,8-9H2,1-2H3,(H,21,24)(H3,20,22,25). The third-order valence-electron chi connectivity index (χ3n) is 3.69. The number of nitrogens with two attached hydrogens (primary N) is 1. The molecule has 25 heavy (non-hydrogen) atoms. The summed E-state index contributed by atoms with van der Waals surface area (Å²) in [5.41, 5.74) is 8.64. The van der Waals surface area contributed by atoms with E-state index in [1.54, 1.807) is 24.3 Å². The van der Waals surface area contributed by atoms with E-state index in [-0.39, 0.29) is 24.5 Å². The number of primary amides is 1. The molecule has 0 atom stereocenters. The van der Waals surface area contributed by atoms with Gasteiger partial charge in [-0.15, -0.1) is 0 Å². The molecule has 0 heterocycles. The fourth-order valence-corrected chi connectivity index (χ4v) is 2.44. The Bertz CT molecular complexity index is 815. The molecule has 2 rings (SSSR count). The molecule has 2 aromatic carbocycles. The number of aryl methyl sites for hydroxylation is 2. The van der Waals surface area contributed by atoms with Crippen LogP contribution in [0.2, 0.25) is 0 Å². The maximum Gasteiger partial charge on any atom is 0.316 e. The van der Waals surface area contributed by atoms with Gasteiger partial charge in [0.2, 0.25) is 5.91 Å². The molecular weight excluding hydrogens is 318 g/mol. The van der Waals surface area contributed by atoms with Gasteiger partial charge < -0.3 is 16.4 Å². The number of urea groups is 1. The van der Waals surface area contributed by atoms with Crippen LogP contribution in [0, 0.1) is 13.8 Å². The third-order valence-corrected chi connectivity index (χ3v) is 3.69. The Labute approximate surface area is 146 Å². The zero-order valence-corrected chi connectivity index (χ0v) is 14.3. The van der Waals surface area contributed by atoms with Crippen molar-refractivity contribution < 1.29 is 14.4 Å². The number of carbonyl (C=O) groups excluding carboxylic acids is 3. The minimum atomic E-state index is -0.678. The molecule has 130 valence electrons. The predicted molar refractivity (Wildman–Crippen MR) is 97.8 cm³/mol. The summed E-state index contributed by atoms with van der Waals surface area (Å²) in [6.45, 7) is 3.81. The van der Waals surface area contributed by atoms with Crippen molar-refractivity contribution in [2.75, 3.05) is 10.6 Å². The SMILES string of the molecule is Cc1ccc(C)c(C(=O)CCC(=O)Nc2cccc(NC(N)=O)c2)c1. The molecule has 0 radical (unpaired) electrons. The van der Waals surface area contributed by atoms with E-state index in [0.717, 1.165) is 11.1 Å². The Morgan fingerprint density at radius 2 is 1.60 bits per heavy atom. The summed E-state index contributed by atoms with van der Waals surface area (Å²) in [5, 5.41) is 5.14. The molecule has 4 N–H and O–H groups in total. The lowest BCUT2D eigenvalue weighted by atomic mass is 9.99. The number of nitrogens with one attached hydrogen (secondary N) is 2. The van der Waals surface area contributed by atoms with Crippen LogP contribution in [0.4, 0.5) is 16.2 Å². The fraction of sp³-hybridized carbons (Fsp3) is 0.211. The predicted octanol–water partition coefficient (Wildman–Crippen LogP) is 3.40. The minimum absolute atomic E-state index is 0.0551. The summed E-state index contributed by atoms with van der Waals surface area (Å²) in [7, 11) is 0. The summed E-state index contributed by atoms with van der Waals surface area (Å²) < 4.78 is 0.